The molecule has 13 heavy (non-hydrogen) atoms. The van der Waals surface area contributed by atoms with Gasteiger partial charge in [0.05, 0.1) is 32.5 Å². The van der Waals surface area contributed by atoms with Crippen LogP contribution in [-0.4, -0.2) is 49.5 Å². The number of ether oxygens (including phenoxy) is 2. The minimum Gasteiger partial charge on any atom is -0.462 e. The van der Waals surface area contributed by atoms with Gasteiger partial charge in [0.15, 0.2) is 0 Å². The van der Waals surface area contributed by atoms with Gasteiger partial charge in [0.25, 0.3) is 0 Å². The lowest BCUT2D eigenvalue weighted by Crippen LogP contribution is -2.45. The molecule has 2 atom stereocenters. The van der Waals surface area contributed by atoms with Crippen molar-refractivity contribution < 1.29 is 24.2 Å². The molecule has 6 nitrogen and oxygen atoms in total. The Labute approximate surface area is 74.8 Å². The normalized spacial score (nSPS) is 26.9. The Balaban J connectivity index is 2.39. The van der Waals surface area contributed by atoms with Gasteiger partial charge in [-0.1, -0.05) is 0 Å². The second-order valence-corrected chi connectivity index (χ2v) is 2.68. The van der Waals surface area contributed by atoms with Crippen LogP contribution in [-0.2, 0) is 19.1 Å². The highest BCUT2D eigenvalue weighted by molar-refractivity contribution is 6.32. The smallest absolute Gasteiger partial charge is 0.396 e. The lowest BCUT2D eigenvalue weighted by Gasteiger charge is -2.12. The highest BCUT2D eigenvalue weighted by Crippen LogP contribution is 2.04. The number of methoxy groups -OCH3 is 1. The average Bonchev–Trinajstić information content (AvgIpc) is 2.50. The second-order valence-electron chi connectivity index (χ2n) is 2.68. The fourth-order valence-corrected chi connectivity index (χ4v) is 1.00. The monoisotopic (exact) mass is 189 g/mol. The largest absolute Gasteiger partial charge is 0.462 e. The highest BCUT2D eigenvalue weighted by atomic mass is 16.5. The number of esters is 1. The van der Waals surface area contributed by atoms with E-state index in [1.165, 1.54) is 0 Å². The number of aliphatic hydroxyl groups is 1. The van der Waals surface area contributed by atoms with Crippen LogP contribution in [0.15, 0.2) is 0 Å². The summed E-state index contributed by atoms with van der Waals surface area (Å²) in [5, 5.41) is 11.5. The van der Waals surface area contributed by atoms with E-state index < -0.39 is 24.0 Å². The van der Waals surface area contributed by atoms with Crippen molar-refractivity contribution in [3.05, 3.63) is 0 Å². The summed E-state index contributed by atoms with van der Waals surface area (Å²) in [6.07, 6.45) is -0.756. The molecule has 74 valence electrons. The molecule has 0 spiro atoms. The predicted molar refractivity (Wildman–Crippen MR) is 40.8 cm³/mol. The summed E-state index contributed by atoms with van der Waals surface area (Å²) in [5.74, 6) is -1.84. The fourth-order valence-electron chi connectivity index (χ4n) is 1.00. The lowest BCUT2D eigenvalue weighted by molar-refractivity contribution is -0.153. The third-order valence-electron chi connectivity index (χ3n) is 1.74. The molecule has 0 aromatic heterocycles. The summed E-state index contributed by atoms with van der Waals surface area (Å²) in [7, 11) is 1.11. The van der Waals surface area contributed by atoms with Crippen LogP contribution in [0.4, 0.5) is 0 Å². The molecule has 0 saturated carbocycles. The zero-order valence-corrected chi connectivity index (χ0v) is 7.15. The van der Waals surface area contributed by atoms with Crippen molar-refractivity contribution in [1.29, 1.82) is 0 Å². The standard InChI is InChI=1S/C7H11NO5/c1-12-7(11)6(10)8-4-2-13-3-5(4)9/h4-5,9H,2-3H2,1H3,(H,8,10). The van der Waals surface area contributed by atoms with Gasteiger partial charge < -0.3 is 19.9 Å². The van der Waals surface area contributed by atoms with E-state index in [1.807, 2.05) is 0 Å². The average molecular weight is 189 g/mol. The molecule has 2 N–H and O–H groups in total. The van der Waals surface area contributed by atoms with Crippen LogP contribution in [0, 0.1) is 0 Å². The Morgan fingerprint density at radius 2 is 2.23 bits per heavy atom. The Kier molecular flexibility index (Phi) is 3.21. The third-order valence-corrected chi connectivity index (χ3v) is 1.74. The first-order valence-electron chi connectivity index (χ1n) is 3.79. The maximum Gasteiger partial charge on any atom is 0.396 e. The Bertz CT molecular complexity index is 217. The van der Waals surface area contributed by atoms with Crippen LogP contribution in [0.5, 0.6) is 0 Å². The van der Waals surface area contributed by atoms with E-state index in [-0.39, 0.29) is 13.2 Å². The minimum atomic E-state index is -0.973. The number of hydrogen-bond donors (Lipinski definition) is 2. The molecule has 1 fully saturated rings. The van der Waals surface area contributed by atoms with Gasteiger partial charge in [0.2, 0.25) is 0 Å². The highest BCUT2D eigenvalue weighted by Gasteiger charge is 2.29. The van der Waals surface area contributed by atoms with E-state index in [4.69, 9.17) is 4.74 Å². The van der Waals surface area contributed by atoms with E-state index in [2.05, 4.69) is 10.1 Å². The number of hydrogen-bond acceptors (Lipinski definition) is 5. The third kappa shape index (κ3) is 2.40. The van der Waals surface area contributed by atoms with Gasteiger partial charge in [-0.05, 0) is 0 Å². The van der Waals surface area contributed by atoms with Gasteiger partial charge in [0, 0.05) is 0 Å². The van der Waals surface area contributed by atoms with Gasteiger partial charge >= 0.3 is 11.9 Å². The van der Waals surface area contributed by atoms with Crippen molar-refractivity contribution in [2.24, 2.45) is 0 Å². The molecule has 0 radical (unpaired) electrons. The van der Waals surface area contributed by atoms with Crippen LogP contribution in [0.1, 0.15) is 0 Å². The quantitative estimate of drug-likeness (QED) is 0.369. The Morgan fingerprint density at radius 1 is 1.54 bits per heavy atom. The van der Waals surface area contributed by atoms with Crippen molar-refractivity contribution in [3.8, 4) is 0 Å². The summed E-state index contributed by atoms with van der Waals surface area (Å²) in [6, 6.07) is -0.522. The molecule has 0 aliphatic carbocycles. The van der Waals surface area contributed by atoms with Crippen LogP contribution in [0.25, 0.3) is 0 Å². The summed E-state index contributed by atoms with van der Waals surface area (Å²) < 4.78 is 9.05. The summed E-state index contributed by atoms with van der Waals surface area (Å²) in [6.45, 7) is 0.385. The maximum atomic E-state index is 10.9. The van der Waals surface area contributed by atoms with E-state index in [9.17, 15) is 14.7 Å². The first kappa shape index (κ1) is 9.94. The van der Waals surface area contributed by atoms with Crippen molar-refractivity contribution in [2.75, 3.05) is 20.3 Å². The molecule has 1 amide bonds. The molecule has 2 unspecified atom stereocenters. The number of aliphatic hydroxyl groups excluding tert-OH is 1. The van der Waals surface area contributed by atoms with Crippen LogP contribution >= 0.6 is 0 Å². The first-order chi connectivity index (χ1) is 6.15. The zero-order valence-electron chi connectivity index (χ0n) is 7.15. The molecule has 1 rings (SSSR count). The van der Waals surface area contributed by atoms with Gasteiger partial charge in [-0.2, -0.15) is 0 Å². The molecule has 6 heteroatoms. The van der Waals surface area contributed by atoms with E-state index >= 15 is 0 Å². The Morgan fingerprint density at radius 3 is 2.69 bits per heavy atom. The first-order valence-corrected chi connectivity index (χ1v) is 3.79. The SMILES string of the molecule is COC(=O)C(=O)NC1COCC1O. The molecular weight excluding hydrogens is 178 g/mol. The molecule has 0 aromatic carbocycles. The molecule has 0 aromatic rings. The van der Waals surface area contributed by atoms with Crippen LogP contribution in [0.3, 0.4) is 0 Å². The molecular formula is C7H11NO5. The van der Waals surface area contributed by atoms with Crippen molar-refractivity contribution in [1.82, 2.24) is 5.32 Å². The summed E-state index contributed by atoms with van der Waals surface area (Å²) >= 11 is 0. The molecule has 1 saturated heterocycles. The van der Waals surface area contributed by atoms with E-state index in [0.717, 1.165) is 7.11 Å². The second kappa shape index (κ2) is 4.20. The van der Waals surface area contributed by atoms with E-state index in [0.29, 0.717) is 0 Å². The number of nitrogens with one attached hydrogen (secondary N) is 1. The Hall–Kier alpha value is -1.14. The summed E-state index contributed by atoms with van der Waals surface area (Å²) in [4.78, 5) is 21.6. The number of carbonyl (C=O) groups excluding carboxylic acids is 2. The number of amides is 1. The van der Waals surface area contributed by atoms with Crippen molar-refractivity contribution in [3.63, 3.8) is 0 Å². The van der Waals surface area contributed by atoms with Gasteiger partial charge in [-0.25, -0.2) is 4.79 Å². The zero-order chi connectivity index (χ0) is 9.84. The molecule has 1 aliphatic heterocycles. The number of rotatable bonds is 1. The van der Waals surface area contributed by atoms with Crippen LogP contribution < -0.4 is 5.32 Å². The molecule has 1 heterocycles. The maximum absolute atomic E-state index is 10.9. The van der Waals surface area contributed by atoms with Gasteiger partial charge in [0.1, 0.15) is 0 Å². The van der Waals surface area contributed by atoms with Crippen molar-refractivity contribution in [2.45, 2.75) is 12.1 Å². The fraction of sp³-hybridized carbons (Fsp3) is 0.714. The topological polar surface area (TPSA) is 84.9 Å². The van der Waals surface area contributed by atoms with Gasteiger partial charge in [-0.15, -0.1) is 0 Å². The number of carbonyl (C=O) groups is 2. The molecule has 1 aliphatic rings. The minimum absolute atomic E-state index is 0.173. The molecule has 0 bridgehead atoms. The lowest BCUT2D eigenvalue weighted by atomic mass is 10.2. The predicted octanol–water partition coefficient (Wildman–Crippen LogP) is -1.96. The van der Waals surface area contributed by atoms with E-state index in [1.54, 1.807) is 0 Å². The van der Waals surface area contributed by atoms with Gasteiger partial charge in [-0.3, -0.25) is 4.79 Å². The summed E-state index contributed by atoms with van der Waals surface area (Å²) in [5.41, 5.74) is 0. The van der Waals surface area contributed by atoms with Crippen molar-refractivity contribution >= 4 is 11.9 Å². The van der Waals surface area contributed by atoms with Crippen LogP contribution in [0.2, 0.25) is 0 Å².